The van der Waals surface area contributed by atoms with Gasteiger partial charge in [0.15, 0.2) is 0 Å². The van der Waals surface area contributed by atoms with E-state index in [1.54, 1.807) is 6.07 Å². The minimum Gasteiger partial charge on any atom is -0.331 e. The van der Waals surface area contributed by atoms with Crippen molar-refractivity contribution in [1.29, 1.82) is 0 Å². The van der Waals surface area contributed by atoms with Crippen LogP contribution in [0.1, 0.15) is 6.42 Å². The molecule has 0 fully saturated rings. The molecule has 0 aliphatic heterocycles. The number of aryl methyl sites for hydroxylation is 1. The number of hydrogen-bond donors (Lipinski definition) is 1. The van der Waals surface area contributed by atoms with Crippen LogP contribution in [0.2, 0.25) is 5.15 Å². The molecule has 0 saturated heterocycles. The maximum absolute atomic E-state index is 13.1. The van der Waals surface area contributed by atoms with Crippen molar-refractivity contribution in [3.05, 3.63) is 35.2 Å². The van der Waals surface area contributed by atoms with Crippen molar-refractivity contribution in [3.63, 3.8) is 0 Å². The molecule has 0 radical (unpaired) electrons. The molecule has 15 heavy (non-hydrogen) atoms. The summed E-state index contributed by atoms with van der Waals surface area (Å²) in [5, 5.41) is 1.59. The van der Waals surface area contributed by atoms with Crippen LogP contribution >= 0.6 is 11.6 Å². The summed E-state index contributed by atoms with van der Waals surface area (Å²) in [4.78, 5) is 0. The summed E-state index contributed by atoms with van der Waals surface area (Å²) in [5.74, 6) is -0.244. The highest BCUT2D eigenvalue weighted by Crippen LogP contribution is 2.24. The number of hydrogen-bond acceptors (Lipinski definition) is 1. The minimum absolute atomic E-state index is 0.244. The summed E-state index contributed by atoms with van der Waals surface area (Å²) < 4.78 is 14.9. The Morgan fingerprint density at radius 2 is 2.13 bits per heavy atom. The number of halogens is 2. The van der Waals surface area contributed by atoms with Crippen LogP contribution in [0.3, 0.4) is 0 Å². The van der Waals surface area contributed by atoms with E-state index in [1.807, 2.05) is 10.6 Å². The van der Waals surface area contributed by atoms with Gasteiger partial charge in [-0.05, 0) is 37.2 Å². The van der Waals surface area contributed by atoms with Gasteiger partial charge < -0.3 is 10.3 Å². The second-order valence-electron chi connectivity index (χ2n) is 3.46. The predicted molar refractivity (Wildman–Crippen MR) is 60.6 cm³/mol. The summed E-state index contributed by atoms with van der Waals surface area (Å²) in [7, 11) is 0. The van der Waals surface area contributed by atoms with Gasteiger partial charge in [-0.1, -0.05) is 11.6 Å². The molecule has 2 aromatic rings. The first-order chi connectivity index (χ1) is 7.22. The first kappa shape index (κ1) is 10.5. The van der Waals surface area contributed by atoms with E-state index in [1.165, 1.54) is 12.1 Å². The van der Waals surface area contributed by atoms with Gasteiger partial charge in [0.25, 0.3) is 0 Å². The van der Waals surface area contributed by atoms with Crippen molar-refractivity contribution < 1.29 is 4.39 Å². The van der Waals surface area contributed by atoms with E-state index in [-0.39, 0.29) is 5.82 Å². The third kappa shape index (κ3) is 1.98. The van der Waals surface area contributed by atoms with Gasteiger partial charge in [0.05, 0.1) is 5.52 Å². The topological polar surface area (TPSA) is 30.9 Å². The molecule has 1 heterocycles. The lowest BCUT2D eigenvalue weighted by Gasteiger charge is -2.05. The summed E-state index contributed by atoms with van der Waals surface area (Å²) in [6.07, 6.45) is 0.833. The number of nitrogens with zero attached hydrogens (tertiary/aromatic N) is 1. The zero-order chi connectivity index (χ0) is 10.8. The van der Waals surface area contributed by atoms with Crippen molar-refractivity contribution in [3.8, 4) is 0 Å². The van der Waals surface area contributed by atoms with Crippen molar-refractivity contribution >= 4 is 22.5 Å². The zero-order valence-corrected chi connectivity index (χ0v) is 8.97. The van der Waals surface area contributed by atoms with E-state index in [2.05, 4.69) is 0 Å². The lowest BCUT2D eigenvalue weighted by molar-refractivity contribution is 0.625. The number of aromatic nitrogens is 1. The highest BCUT2D eigenvalue weighted by molar-refractivity contribution is 6.30. The molecule has 0 unspecified atom stereocenters. The molecule has 4 heteroatoms. The van der Waals surface area contributed by atoms with E-state index in [4.69, 9.17) is 17.3 Å². The highest BCUT2D eigenvalue weighted by atomic mass is 35.5. The Morgan fingerprint density at radius 3 is 2.87 bits per heavy atom. The monoisotopic (exact) mass is 226 g/mol. The fourth-order valence-electron chi connectivity index (χ4n) is 1.67. The Hall–Kier alpha value is -1.06. The SMILES string of the molecule is NCCCn1c(Cl)cc2ccc(F)cc21. The molecule has 1 aromatic heterocycles. The van der Waals surface area contributed by atoms with E-state index in [0.29, 0.717) is 11.7 Å². The van der Waals surface area contributed by atoms with Crippen LogP contribution < -0.4 is 5.73 Å². The molecular formula is C11H12ClFN2. The molecule has 2 rings (SSSR count). The molecule has 0 saturated carbocycles. The lowest BCUT2D eigenvalue weighted by atomic mass is 10.2. The van der Waals surface area contributed by atoms with Gasteiger partial charge in [-0.2, -0.15) is 0 Å². The number of fused-ring (bicyclic) bond motifs is 1. The smallest absolute Gasteiger partial charge is 0.125 e. The second-order valence-corrected chi connectivity index (χ2v) is 3.85. The van der Waals surface area contributed by atoms with Crippen LogP contribution in [0, 0.1) is 5.82 Å². The standard InChI is InChI=1S/C11H12ClFN2/c12-11-6-8-2-3-9(13)7-10(8)15(11)5-1-4-14/h2-3,6-7H,1,4-5,14H2. The Kier molecular flexibility index (Phi) is 2.93. The summed E-state index contributed by atoms with van der Waals surface area (Å²) in [5.41, 5.74) is 6.27. The molecule has 0 aliphatic carbocycles. The first-order valence-corrected chi connectivity index (χ1v) is 5.24. The molecule has 2 N–H and O–H groups in total. The van der Waals surface area contributed by atoms with Crippen LogP contribution in [-0.4, -0.2) is 11.1 Å². The average molecular weight is 227 g/mol. The van der Waals surface area contributed by atoms with Gasteiger partial charge >= 0.3 is 0 Å². The molecule has 0 aliphatic rings. The van der Waals surface area contributed by atoms with Crippen LogP contribution in [-0.2, 0) is 6.54 Å². The maximum Gasteiger partial charge on any atom is 0.125 e. The summed E-state index contributed by atoms with van der Waals surface area (Å²) in [6.45, 7) is 1.33. The van der Waals surface area contributed by atoms with Gasteiger partial charge in [0, 0.05) is 11.9 Å². The average Bonchev–Trinajstić information content (AvgIpc) is 2.51. The van der Waals surface area contributed by atoms with Crippen LogP contribution in [0.25, 0.3) is 10.9 Å². The van der Waals surface area contributed by atoms with Gasteiger partial charge in [-0.3, -0.25) is 0 Å². The Bertz CT molecular complexity index is 479. The van der Waals surface area contributed by atoms with E-state index in [0.717, 1.165) is 23.9 Å². The fraction of sp³-hybridized carbons (Fsp3) is 0.273. The van der Waals surface area contributed by atoms with Crippen molar-refractivity contribution in [1.82, 2.24) is 4.57 Å². The summed E-state index contributed by atoms with van der Waals surface area (Å²) in [6, 6.07) is 6.51. The minimum atomic E-state index is -0.244. The number of benzene rings is 1. The molecular weight excluding hydrogens is 215 g/mol. The van der Waals surface area contributed by atoms with Gasteiger partial charge in [0.1, 0.15) is 11.0 Å². The lowest BCUT2D eigenvalue weighted by Crippen LogP contribution is -2.05. The van der Waals surface area contributed by atoms with Crippen LogP contribution in [0.15, 0.2) is 24.3 Å². The second kappa shape index (κ2) is 4.21. The molecule has 2 nitrogen and oxygen atoms in total. The quantitative estimate of drug-likeness (QED) is 0.857. The van der Waals surface area contributed by atoms with Crippen molar-refractivity contribution in [2.24, 2.45) is 5.73 Å². The largest absolute Gasteiger partial charge is 0.331 e. The van der Waals surface area contributed by atoms with Crippen LogP contribution in [0.5, 0.6) is 0 Å². The molecule has 0 spiro atoms. The molecule has 0 amide bonds. The third-order valence-electron chi connectivity index (χ3n) is 2.40. The zero-order valence-electron chi connectivity index (χ0n) is 8.21. The van der Waals surface area contributed by atoms with E-state index in [9.17, 15) is 4.39 Å². The van der Waals surface area contributed by atoms with Gasteiger partial charge in [-0.15, -0.1) is 0 Å². The fourth-order valence-corrected chi connectivity index (χ4v) is 1.96. The highest BCUT2D eigenvalue weighted by Gasteiger charge is 2.07. The normalized spacial score (nSPS) is 11.1. The van der Waals surface area contributed by atoms with Crippen molar-refractivity contribution in [2.45, 2.75) is 13.0 Å². The molecule has 0 atom stereocenters. The molecule has 0 bridgehead atoms. The Balaban J connectivity index is 2.50. The van der Waals surface area contributed by atoms with Gasteiger partial charge in [0.2, 0.25) is 0 Å². The Morgan fingerprint density at radius 1 is 1.33 bits per heavy atom. The molecule has 80 valence electrons. The van der Waals surface area contributed by atoms with Crippen LogP contribution in [0.4, 0.5) is 4.39 Å². The van der Waals surface area contributed by atoms with Gasteiger partial charge in [-0.25, -0.2) is 4.39 Å². The molecule has 1 aromatic carbocycles. The third-order valence-corrected chi connectivity index (χ3v) is 2.71. The maximum atomic E-state index is 13.1. The summed E-state index contributed by atoms with van der Waals surface area (Å²) >= 11 is 6.06. The number of rotatable bonds is 3. The Labute approximate surface area is 92.4 Å². The number of nitrogens with two attached hydrogens (primary N) is 1. The van der Waals surface area contributed by atoms with E-state index < -0.39 is 0 Å². The first-order valence-electron chi connectivity index (χ1n) is 4.87. The van der Waals surface area contributed by atoms with Crippen molar-refractivity contribution in [2.75, 3.05) is 6.54 Å². The van der Waals surface area contributed by atoms with E-state index >= 15 is 0 Å². The predicted octanol–water partition coefficient (Wildman–Crippen LogP) is 2.78.